The molecule has 1 aromatic carbocycles. The summed E-state index contributed by atoms with van der Waals surface area (Å²) in [6.45, 7) is -1.62. The van der Waals surface area contributed by atoms with Gasteiger partial charge in [-0.15, -0.1) is 5.10 Å². The predicted molar refractivity (Wildman–Crippen MR) is 125 cm³/mol. The Morgan fingerprint density at radius 3 is 2.70 bits per heavy atom. The van der Waals surface area contributed by atoms with Gasteiger partial charge in [0.25, 0.3) is 5.69 Å². The normalized spacial score (nSPS) is 11.5. The van der Waals surface area contributed by atoms with Gasteiger partial charge in [-0.05, 0) is 40.3 Å². The fraction of sp³-hybridized carbons (Fsp3) is 0.182. The summed E-state index contributed by atoms with van der Waals surface area (Å²) in [5.41, 5.74) is -0.666. The van der Waals surface area contributed by atoms with Crippen molar-refractivity contribution in [2.24, 2.45) is 0 Å². The van der Waals surface area contributed by atoms with Crippen LogP contribution in [-0.4, -0.2) is 42.8 Å². The molecule has 15 heteroatoms. The average Bonchev–Trinajstić information content (AvgIpc) is 3.36. The number of aliphatic carboxylic acids is 1. The van der Waals surface area contributed by atoms with Crippen molar-refractivity contribution in [3.8, 4) is 5.69 Å². The van der Waals surface area contributed by atoms with E-state index < -0.39 is 54.3 Å². The second kappa shape index (κ2) is 10.6. The second-order valence-electron chi connectivity index (χ2n) is 7.79. The van der Waals surface area contributed by atoms with Gasteiger partial charge >= 0.3 is 11.9 Å². The number of pyridine rings is 2. The minimum absolute atomic E-state index is 0.00553. The van der Waals surface area contributed by atoms with Crippen LogP contribution >= 0.6 is 23.2 Å². The van der Waals surface area contributed by atoms with E-state index in [9.17, 15) is 10.0 Å². The van der Waals surface area contributed by atoms with E-state index in [0.29, 0.717) is 11.3 Å². The Balaban J connectivity index is 1.84. The zero-order valence-electron chi connectivity index (χ0n) is 18.6. The van der Waals surface area contributed by atoms with E-state index in [1.54, 1.807) is 0 Å². The van der Waals surface area contributed by atoms with Crippen LogP contribution in [-0.2, 0) is 23.7 Å². The smallest absolute Gasteiger partial charge is 0.348 e. The van der Waals surface area contributed by atoms with Crippen LogP contribution in [0.1, 0.15) is 16.8 Å². The maximum atomic E-state index is 15.5. The Labute approximate surface area is 217 Å². The molecule has 0 aliphatic rings. The molecular formula is C22H16Cl2F3N7O3. The molecule has 0 spiro atoms. The van der Waals surface area contributed by atoms with Crippen LogP contribution in [0.4, 0.5) is 19.0 Å². The van der Waals surface area contributed by atoms with Crippen LogP contribution in [0.3, 0.4) is 0 Å². The molecule has 0 atom stereocenters. The molecule has 3 aromatic heterocycles. The van der Waals surface area contributed by atoms with Crippen molar-refractivity contribution in [2.45, 2.75) is 18.9 Å². The Kier molecular flexibility index (Phi) is 7.45. The first-order valence-electron chi connectivity index (χ1n) is 10.4. The summed E-state index contributed by atoms with van der Waals surface area (Å²) in [6, 6.07) is 8.00. The lowest BCUT2D eigenvalue weighted by molar-refractivity contribution is -0.624. The number of carboxylic acids is 1. The fourth-order valence-electron chi connectivity index (χ4n) is 3.65. The highest BCUT2D eigenvalue weighted by atomic mass is 35.5. The number of benzene rings is 1. The largest absolute Gasteiger partial charge is 0.618 e. The number of hydrogen-bond donors (Lipinski definition) is 1. The van der Waals surface area contributed by atoms with Crippen LogP contribution in [0, 0.1) is 11.0 Å². The van der Waals surface area contributed by atoms with Crippen LogP contribution < -0.4 is 9.63 Å². The summed E-state index contributed by atoms with van der Waals surface area (Å²) in [4.78, 5) is 16.0. The quantitative estimate of drug-likeness (QED) is 0.246. The number of carbonyl (C=O) groups is 1. The van der Waals surface area contributed by atoms with Gasteiger partial charge in [-0.1, -0.05) is 23.2 Å². The van der Waals surface area contributed by atoms with E-state index in [-0.39, 0.29) is 14.8 Å². The maximum Gasteiger partial charge on any atom is 0.348 e. The SMILES string of the molecule is O=C(O)Cc1c(Cl)cnc(N(Cc2cc(Cl)ccc2-n2cnnn2)CC(F)(F)c2cccc[n+]2[O-])c1F. The van der Waals surface area contributed by atoms with Gasteiger partial charge in [0.2, 0.25) is 0 Å². The number of tetrazole rings is 1. The van der Waals surface area contributed by atoms with Gasteiger partial charge in [0.15, 0.2) is 17.8 Å². The third-order valence-corrected chi connectivity index (χ3v) is 5.82. The highest BCUT2D eigenvalue weighted by molar-refractivity contribution is 6.31. The lowest BCUT2D eigenvalue weighted by Gasteiger charge is -2.29. The van der Waals surface area contributed by atoms with E-state index in [1.807, 2.05) is 0 Å². The monoisotopic (exact) mass is 553 g/mol. The van der Waals surface area contributed by atoms with Crippen molar-refractivity contribution in [1.82, 2.24) is 25.2 Å². The summed E-state index contributed by atoms with van der Waals surface area (Å²) in [7, 11) is 0. The lowest BCUT2D eigenvalue weighted by atomic mass is 10.1. The van der Waals surface area contributed by atoms with Gasteiger partial charge in [-0.3, -0.25) is 4.79 Å². The Hall–Kier alpha value is -3.97. The van der Waals surface area contributed by atoms with Crippen molar-refractivity contribution in [3.63, 3.8) is 0 Å². The summed E-state index contributed by atoms with van der Waals surface area (Å²) in [6.07, 6.45) is 2.34. The van der Waals surface area contributed by atoms with Crippen molar-refractivity contribution in [2.75, 3.05) is 11.4 Å². The molecule has 37 heavy (non-hydrogen) atoms. The first kappa shape index (κ1) is 26.1. The van der Waals surface area contributed by atoms with Crippen LogP contribution in [0.15, 0.2) is 55.1 Å². The van der Waals surface area contributed by atoms with Crippen LogP contribution in [0.5, 0.6) is 0 Å². The van der Waals surface area contributed by atoms with Crippen molar-refractivity contribution >= 4 is 35.0 Å². The van der Waals surface area contributed by atoms with Gasteiger partial charge in [0, 0.05) is 35.5 Å². The minimum Gasteiger partial charge on any atom is -0.618 e. The number of nitrogens with zero attached hydrogens (tertiary/aromatic N) is 7. The average molecular weight is 554 g/mol. The number of carboxylic acid groups (broad SMARTS) is 1. The number of rotatable bonds is 9. The highest BCUT2D eigenvalue weighted by Gasteiger charge is 2.42. The fourth-order valence-corrected chi connectivity index (χ4v) is 4.04. The molecule has 1 N–H and O–H groups in total. The molecule has 0 fully saturated rings. The third-order valence-electron chi connectivity index (χ3n) is 5.26. The summed E-state index contributed by atoms with van der Waals surface area (Å²) < 4.78 is 47.7. The van der Waals surface area contributed by atoms with Gasteiger partial charge < -0.3 is 15.2 Å². The molecule has 0 aliphatic heterocycles. The van der Waals surface area contributed by atoms with Crippen molar-refractivity contribution in [1.29, 1.82) is 0 Å². The second-order valence-corrected chi connectivity index (χ2v) is 8.64. The number of hydrogen-bond acceptors (Lipinski definition) is 7. The van der Waals surface area contributed by atoms with Gasteiger partial charge in [-0.25, -0.2) is 14.1 Å². The standard InChI is InChI=1S/C22H16Cl2F3N7O3/c23-14-4-5-17(33-12-29-30-31-33)13(7-14)10-32(11-22(26,27)18-3-1-2-6-34(18)37)21-20(25)15(8-19(35)36)16(24)9-28-21/h1-7,9,12H,8,10-11H2,(H,35,36). The summed E-state index contributed by atoms with van der Waals surface area (Å²) >= 11 is 12.1. The van der Waals surface area contributed by atoms with Crippen molar-refractivity contribution in [3.05, 3.63) is 93.0 Å². The molecule has 0 unspecified atom stereocenters. The molecule has 0 saturated heterocycles. The molecule has 0 radical (unpaired) electrons. The number of aromatic nitrogens is 6. The molecular weight excluding hydrogens is 538 g/mol. The molecule has 0 aliphatic carbocycles. The molecule has 4 aromatic rings. The van der Waals surface area contributed by atoms with E-state index in [1.165, 1.54) is 41.3 Å². The maximum absolute atomic E-state index is 15.5. The van der Waals surface area contributed by atoms with E-state index in [2.05, 4.69) is 20.5 Å². The molecule has 3 heterocycles. The predicted octanol–water partition coefficient (Wildman–Crippen LogP) is 3.56. The molecule has 4 rings (SSSR count). The molecule has 0 amide bonds. The van der Waals surface area contributed by atoms with Gasteiger partial charge in [-0.2, -0.15) is 13.5 Å². The van der Waals surface area contributed by atoms with Crippen molar-refractivity contribution < 1.29 is 27.8 Å². The highest BCUT2D eigenvalue weighted by Crippen LogP contribution is 2.33. The Morgan fingerprint density at radius 1 is 1.24 bits per heavy atom. The van der Waals surface area contributed by atoms with Crippen LogP contribution in [0.25, 0.3) is 5.69 Å². The van der Waals surface area contributed by atoms with Gasteiger partial charge in [0.05, 0.1) is 23.7 Å². The summed E-state index contributed by atoms with van der Waals surface area (Å²) in [5, 5.41) is 32.1. The Morgan fingerprint density at radius 2 is 2.03 bits per heavy atom. The van der Waals surface area contributed by atoms with Crippen LogP contribution in [0.2, 0.25) is 10.0 Å². The van der Waals surface area contributed by atoms with E-state index >= 15 is 13.2 Å². The minimum atomic E-state index is -3.79. The lowest BCUT2D eigenvalue weighted by Crippen LogP contribution is -2.44. The first-order chi connectivity index (χ1) is 17.6. The van der Waals surface area contributed by atoms with E-state index in [0.717, 1.165) is 23.4 Å². The zero-order chi connectivity index (χ0) is 26.7. The first-order valence-corrected chi connectivity index (χ1v) is 11.2. The number of alkyl halides is 2. The molecule has 192 valence electrons. The summed E-state index contributed by atoms with van der Waals surface area (Å²) in [5.74, 6) is -6.98. The zero-order valence-corrected chi connectivity index (χ0v) is 20.1. The van der Waals surface area contributed by atoms with E-state index in [4.69, 9.17) is 28.3 Å². The Bertz CT molecular complexity index is 1440. The van der Waals surface area contributed by atoms with Gasteiger partial charge in [0.1, 0.15) is 6.33 Å². The number of anilines is 1. The molecule has 0 bridgehead atoms. The molecule has 10 nitrogen and oxygen atoms in total. The topological polar surface area (TPSA) is 124 Å². The third kappa shape index (κ3) is 5.73. The number of halogens is 5. The molecule has 0 saturated carbocycles.